The lowest BCUT2D eigenvalue weighted by Gasteiger charge is -2.07. The minimum absolute atomic E-state index is 0.678. The van der Waals surface area contributed by atoms with Crippen LogP contribution in [0.4, 0.5) is 0 Å². The summed E-state index contributed by atoms with van der Waals surface area (Å²) in [6.45, 7) is 7.23. The molecule has 0 bridgehead atoms. The second-order valence-corrected chi connectivity index (χ2v) is 6.10. The molecule has 0 atom stereocenters. The third-order valence-electron chi connectivity index (χ3n) is 4.31. The maximum absolute atomic E-state index is 5.45. The molecule has 3 rings (SSSR count). The first kappa shape index (κ1) is 17.2. The van der Waals surface area contributed by atoms with Crippen LogP contribution in [0.15, 0.2) is 85.5 Å². The van der Waals surface area contributed by atoms with Gasteiger partial charge >= 0.3 is 0 Å². The highest BCUT2D eigenvalue weighted by Gasteiger charge is 2.01. The Labute approximate surface area is 150 Å². The van der Waals surface area contributed by atoms with Gasteiger partial charge in [-0.2, -0.15) is 0 Å². The minimum atomic E-state index is 0.678. The normalized spacial score (nSPS) is 10.6. The molecule has 0 unspecified atom stereocenters. The molecule has 0 radical (unpaired) electrons. The number of hydrogen-bond donors (Lipinski definition) is 0. The molecular formula is C24H24O. The van der Waals surface area contributed by atoms with Gasteiger partial charge in [0.05, 0.1) is 6.61 Å². The molecule has 0 aliphatic rings. The van der Waals surface area contributed by atoms with Crippen LogP contribution >= 0.6 is 0 Å². The van der Waals surface area contributed by atoms with Gasteiger partial charge in [-0.15, -0.1) is 6.58 Å². The van der Waals surface area contributed by atoms with Crippen LogP contribution in [0.25, 0.3) is 22.3 Å². The topological polar surface area (TPSA) is 9.23 Å². The average Bonchev–Trinajstić information content (AvgIpc) is 2.68. The van der Waals surface area contributed by atoms with Crippen molar-refractivity contribution in [2.24, 2.45) is 0 Å². The first-order valence-electron chi connectivity index (χ1n) is 8.77. The van der Waals surface area contributed by atoms with Gasteiger partial charge in [0.15, 0.2) is 0 Å². The van der Waals surface area contributed by atoms with Crippen molar-refractivity contribution in [2.45, 2.75) is 20.0 Å². The molecule has 0 heterocycles. The van der Waals surface area contributed by atoms with Gasteiger partial charge in [-0.25, -0.2) is 0 Å². The Morgan fingerprint density at radius 3 is 1.48 bits per heavy atom. The average molecular weight is 328 g/mol. The van der Waals surface area contributed by atoms with Crippen LogP contribution in [-0.4, -0.2) is 6.61 Å². The highest BCUT2D eigenvalue weighted by atomic mass is 16.5. The number of ether oxygens (including phenoxy) is 1. The van der Waals surface area contributed by atoms with E-state index in [9.17, 15) is 0 Å². The van der Waals surface area contributed by atoms with E-state index >= 15 is 0 Å². The number of hydrogen-bond acceptors (Lipinski definition) is 1. The van der Waals surface area contributed by atoms with E-state index in [0.717, 1.165) is 13.0 Å². The van der Waals surface area contributed by atoms with E-state index in [4.69, 9.17) is 4.74 Å². The van der Waals surface area contributed by atoms with Crippen molar-refractivity contribution in [3.63, 3.8) is 0 Å². The van der Waals surface area contributed by atoms with Crippen molar-refractivity contribution in [2.75, 3.05) is 6.61 Å². The molecule has 0 N–H and O–H groups in total. The minimum Gasteiger partial charge on any atom is -0.377 e. The highest BCUT2D eigenvalue weighted by Crippen LogP contribution is 2.25. The first-order chi connectivity index (χ1) is 12.3. The molecular weight excluding hydrogens is 304 g/mol. The Balaban J connectivity index is 1.74. The molecule has 3 aromatic rings. The summed E-state index contributed by atoms with van der Waals surface area (Å²) in [5.41, 5.74) is 7.45. The van der Waals surface area contributed by atoms with Crippen LogP contribution in [-0.2, 0) is 17.8 Å². The summed E-state index contributed by atoms with van der Waals surface area (Å²) >= 11 is 0. The summed E-state index contributed by atoms with van der Waals surface area (Å²) in [4.78, 5) is 0. The highest BCUT2D eigenvalue weighted by molar-refractivity contribution is 5.70. The zero-order valence-corrected chi connectivity index (χ0v) is 14.7. The van der Waals surface area contributed by atoms with Crippen molar-refractivity contribution < 1.29 is 4.74 Å². The largest absolute Gasteiger partial charge is 0.377 e. The van der Waals surface area contributed by atoms with E-state index in [-0.39, 0.29) is 0 Å². The fourth-order valence-corrected chi connectivity index (χ4v) is 2.87. The van der Waals surface area contributed by atoms with Crippen molar-refractivity contribution in [3.05, 3.63) is 96.6 Å². The fraction of sp³-hybridized carbons (Fsp3) is 0.167. The van der Waals surface area contributed by atoms with Gasteiger partial charge in [0, 0.05) is 6.61 Å². The monoisotopic (exact) mass is 328 g/mol. The van der Waals surface area contributed by atoms with Crippen molar-refractivity contribution in [1.82, 2.24) is 0 Å². The molecule has 1 nitrogen and oxygen atoms in total. The van der Waals surface area contributed by atoms with E-state index in [2.05, 4.69) is 79.4 Å². The Morgan fingerprint density at radius 1 is 0.680 bits per heavy atom. The third kappa shape index (κ3) is 4.46. The number of allylic oxidation sites excluding steroid dienone is 1. The maximum Gasteiger partial charge on any atom is 0.0716 e. The first-order valence-corrected chi connectivity index (χ1v) is 8.77. The van der Waals surface area contributed by atoms with E-state index in [0.29, 0.717) is 6.61 Å². The van der Waals surface area contributed by atoms with E-state index in [1.54, 1.807) is 0 Å². The number of rotatable bonds is 7. The molecule has 0 fully saturated rings. The second kappa shape index (κ2) is 8.46. The lowest BCUT2D eigenvalue weighted by atomic mass is 9.99. The Bertz CT molecular complexity index is 796. The molecule has 0 amide bonds. The molecule has 0 saturated heterocycles. The van der Waals surface area contributed by atoms with Crippen molar-refractivity contribution >= 4 is 0 Å². The van der Waals surface area contributed by atoms with Crippen LogP contribution in [0.5, 0.6) is 0 Å². The predicted octanol–water partition coefficient (Wildman–Crippen LogP) is 6.29. The molecule has 0 spiro atoms. The summed E-state index contributed by atoms with van der Waals surface area (Å²) in [7, 11) is 0. The summed E-state index contributed by atoms with van der Waals surface area (Å²) < 4.78 is 5.45. The number of benzene rings is 3. The smallest absolute Gasteiger partial charge is 0.0716 e. The Kier molecular flexibility index (Phi) is 5.81. The van der Waals surface area contributed by atoms with Gasteiger partial charge in [-0.05, 0) is 46.7 Å². The van der Waals surface area contributed by atoms with Crippen LogP contribution in [0, 0.1) is 0 Å². The fourth-order valence-electron chi connectivity index (χ4n) is 2.87. The quantitative estimate of drug-likeness (QED) is 0.463. The van der Waals surface area contributed by atoms with Crippen LogP contribution in [0.3, 0.4) is 0 Å². The van der Waals surface area contributed by atoms with Crippen LogP contribution < -0.4 is 0 Å². The van der Waals surface area contributed by atoms with E-state index in [1.165, 1.54) is 33.4 Å². The summed E-state index contributed by atoms with van der Waals surface area (Å²) in [6.07, 6.45) is 2.85. The van der Waals surface area contributed by atoms with E-state index < -0.39 is 0 Å². The zero-order chi connectivity index (χ0) is 17.5. The lowest BCUT2D eigenvalue weighted by Crippen LogP contribution is -1.91. The molecule has 25 heavy (non-hydrogen) atoms. The molecule has 1 heteroatoms. The molecule has 0 saturated carbocycles. The lowest BCUT2D eigenvalue weighted by molar-refractivity contribution is 0.134. The zero-order valence-electron chi connectivity index (χ0n) is 14.7. The van der Waals surface area contributed by atoms with Crippen LogP contribution in [0.2, 0.25) is 0 Å². The van der Waals surface area contributed by atoms with E-state index in [1.807, 2.05) is 13.0 Å². The molecule has 126 valence electrons. The summed E-state index contributed by atoms with van der Waals surface area (Å²) in [5.74, 6) is 0. The Hall–Kier alpha value is -2.64. The molecule has 3 aromatic carbocycles. The maximum atomic E-state index is 5.45. The second-order valence-electron chi connectivity index (χ2n) is 6.10. The molecule has 0 aliphatic heterocycles. The van der Waals surface area contributed by atoms with Gasteiger partial charge in [0.2, 0.25) is 0 Å². The molecule has 0 aliphatic carbocycles. The van der Waals surface area contributed by atoms with Gasteiger partial charge in [-0.3, -0.25) is 0 Å². The summed E-state index contributed by atoms with van der Waals surface area (Å²) in [6, 6.07) is 26.0. The molecule has 0 aromatic heterocycles. The van der Waals surface area contributed by atoms with Gasteiger partial charge in [0.25, 0.3) is 0 Å². The van der Waals surface area contributed by atoms with Crippen molar-refractivity contribution in [1.29, 1.82) is 0 Å². The standard InChI is InChI=1S/C24H24O/c1-3-5-19-6-10-21(11-7-19)23-14-16-24(17-15-23)22-12-8-20(9-13-22)18-25-4-2/h3,6-17H,1,4-5,18H2,2H3. The Morgan fingerprint density at radius 2 is 1.08 bits per heavy atom. The summed E-state index contributed by atoms with van der Waals surface area (Å²) in [5, 5.41) is 0. The van der Waals surface area contributed by atoms with Crippen LogP contribution in [0.1, 0.15) is 18.1 Å². The third-order valence-corrected chi connectivity index (χ3v) is 4.31. The van der Waals surface area contributed by atoms with Gasteiger partial charge in [-0.1, -0.05) is 78.9 Å². The predicted molar refractivity (Wildman–Crippen MR) is 107 cm³/mol. The van der Waals surface area contributed by atoms with Gasteiger partial charge in [0.1, 0.15) is 0 Å². The van der Waals surface area contributed by atoms with Gasteiger partial charge < -0.3 is 4.74 Å². The SMILES string of the molecule is C=CCc1ccc(-c2ccc(-c3ccc(COCC)cc3)cc2)cc1. The van der Waals surface area contributed by atoms with Crippen molar-refractivity contribution in [3.8, 4) is 22.3 Å².